The molecule has 0 heterocycles. The lowest BCUT2D eigenvalue weighted by molar-refractivity contribution is 0.0389. The second-order valence-corrected chi connectivity index (χ2v) is 5.87. The molecule has 1 atom stereocenters. The summed E-state index contributed by atoms with van der Waals surface area (Å²) in [6, 6.07) is 14.1. The van der Waals surface area contributed by atoms with Crippen molar-refractivity contribution >= 4 is 11.6 Å². The summed E-state index contributed by atoms with van der Waals surface area (Å²) in [6.07, 6.45) is 2.30. The van der Waals surface area contributed by atoms with E-state index in [0.29, 0.717) is 6.42 Å². The average Bonchev–Trinajstić information content (AvgIpc) is 2.70. The van der Waals surface area contributed by atoms with E-state index in [1.165, 1.54) is 11.1 Å². The minimum atomic E-state index is -0.771. The maximum absolute atomic E-state index is 11.0. The Balaban J connectivity index is 1.99. The van der Waals surface area contributed by atoms with E-state index in [1.807, 2.05) is 24.3 Å². The van der Waals surface area contributed by atoms with E-state index in [2.05, 4.69) is 25.1 Å². The van der Waals surface area contributed by atoms with Crippen LogP contribution in [0, 0.1) is 6.92 Å². The van der Waals surface area contributed by atoms with Gasteiger partial charge in [0.2, 0.25) is 0 Å². The van der Waals surface area contributed by atoms with Gasteiger partial charge >= 0.3 is 0 Å². The molecule has 19 heavy (non-hydrogen) atoms. The Morgan fingerprint density at radius 2 is 2.00 bits per heavy atom. The van der Waals surface area contributed by atoms with Gasteiger partial charge in [-0.15, -0.1) is 0 Å². The minimum absolute atomic E-state index is 0.586. The normalized spacial score (nSPS) is 21.4. The van der Waals surface area contributed by atoms with E-state index >= 15 is 0 Å². The van der Waals surface area contributed by atoms with Crippen molar-refractivity contribution in [3.05, 3.63) is 69.7 Å². The van der Waals surface area contributed by atoms with E-state index in [4.69, 9.17) is 11.6 Å². The fourth-order valence-electron chi connectivity index (χ4n) is 2.96. The first kappa shape index (κ1) is 12.7. The summed E-state index contributed by atoms with van der Waals surface area (Å²) in [6.45, 7) is 2.06. The molecule has 0 aliphatic heterocycles. The first-order valence-electron chi connectivity index (χ1n) is 6.64. The molecule has 0 spiro atoms. The summed E-state index contributed by atoms with van der Waals surface area (Å²) in [5, 5.41) is 11.7. The molecule has 0 saturated carbocycles. The molecule has 0 bridgehead atoms. The van der Waals surface area contributed by atoms with E-state index in [0.717, 1.165) is 29.0 Å². The number of benzene rings is 2. The Hall–Kier alpha value is -1.31. The standard InChI is InChI=1S/C17H17ClO/c1-12-6-7-13-8-9-17(19,15(13)10-12)11-14-4-2-3-5-16(14)18/h2-7,10,19H,8-9,11H2,1H3. The van der Waals surface area contributed by atoms with Gasteiger partial charge in [0, 0.05) is 11.4 Å². The van der Waals surface area contributed by atoms with Gasteiger partial charge in [-0.3, -0.25) is 0 Å². The van der Waals surface area contributed by atoms with Crippen LogP contribution in [0.5, 0.6) is 0 Å². The Morgan fingerprint density at radius 3 is 2.79 bits per heavy atom. The average molecular weight is 273 g/mol. The number of fused-ring (bicyclic) bond motifs is 1. The lowest BCUT2D eigenvalue weighted by Gasteiger charge is -2.25. The predicted octanol–water partition coefficient (Wildman–Crippen LogP) is 4.02. The molecule has 1 N–H and O–H groups in total. The molecule has 98 valence electrons. The van der Waals surface area contributed by atoms with Crippen molar-refractivity contribution in [1.82, 2.24) is 0 Å². The fourth-order valence-corrected chi connectivity index (χ4v) is 3.16. The highest BCUT2D eigenvalue weighted by Gasteiger charge is 2.37. The van der Waals surface area contributed by atoms with E-state index in [9.17, 15) is 5.11 Å². The van der Waals surface area contributed by atoms with Crippen LogP contribution in [0.1, 0.15) is 28.7 Å². The van der Waals surface area contributed by atoms with Gasteiger partial charge in [-0.1, -0.05) is 53.6 Å². The summed E-state index contributed by atoms with van der Waals surface area (Å²) >= 11 is 6.21. The quantitative estimate of drug-likeness (QED) is 0.875. The Bertz CT molecular complexity index is 620. The fraction of sp³-hybridized carbons (Fsp3) is 0.294. The van der Waals surface area contributed by atoms with Gasteiger partial charge in [-0.25, -0.2) is 0 Å². The van der Waals surface area contributed by atoms with Crippen molar-refractivity contribution in [2.24, 2.45) is 0 Å². The second kappa shape index (κ2) is 4.66. The van der Waals surface area contributed by atoms with Crippen LogP contribution in [0.25, 0.3) is 0 Å². The van der Waals surface area contributed by atoms with Crippen molar-refractivity contribution in [1.29, 1.82) is 0 Å². The summed E-state index contributed by atoms with van der Waals surface area (Å²) in [5.74, 6) is 0. The highest BCUT2D eigenvalue weighted by atomic mass is 35.5. The number of rotatable bonds is 2. The van der Waals surface area contributed by atoms with Gasteiger partial charge < -0.3 is 5.11 Å². The van der Waals surface area contributed by atoms with Crippen molar-refractivity contribution < 1.29 is 5.11 Å². The monoisotopic (exact) mass is 272 g/mol. The third kappa shape index (κ3) is 2.29. The van der Waals surface area contributed by atoms with E-state index < -0.39 is 5.60 Å². The lowest BCUT2D eigenvalue weighted by Crippen LogP contribution is -2.25. The van der Waals surface area contributed by atoms with Crippen LogP contribution in [-0.2, 0) is 18.4 Å². The van der Waals surface area contributed by atoms with Gasteiger partial charge in [-0.2, -0.15) is 0 Å². The zero-order chi connectivity index (χ0) is 13.5. The highest BCUT2D eigenvalue weighted by Crippen LogP contribution is 2.40. The zero-order valence-electron chi connectivity index (χ0n) is 11.0. The van der Waals surface area contributed by atoms with Crippen molar-refractivity contribution in [3.63, 3.8) is 0 Å². The summed E-state index contributed by atoms with van der Waals surface area (Å²) < 4.78 is 0. The summed E-state index contributed by atoms with van der Waals surface area (Å²) in [7, 11) is 0. The third-order valence-corrected chi connectivity index (χ3v) is 4.38. The van der Waals surface area contributed by atoms with Gasteiger partial charge in [0.05, 0.1) is 5.60 Å². The molecule has 3 rings (SSSR count). The van der Waals surface area contributed by atoms with Crippen molar-refractivity contribution in [2.75, 3.05) is 0 Å². The predicted molar refractivity (Wildman–Crippen MR) is 78.6 cm³/mol. The number of hydrogen-bond acceptors (Lipinski definition) is 1. The van der Waals surface area contributed by atoms with Crippen LogP contribution in [0.2, 0.25) is 5.02 Å². The smallest absolute Gasteiger partial charge is 0.0943 e. The molecule has 2 aromatic carbocycles. The largest absolute Gasteiger partial charge is 0.385 e. The molecule has 1 aliphatic carbocycles. The lowest BCUT2D eigenvalue weighted by atomic mass is 9.88. The zero-order valence-corrected chi connectivity index (χ0v) is 11.7. The van der Waals surface area contributed by atoms with Gasteiger partial charge in [0.15, 0.2) is 0 Å². The van der Waals surface area contributed by atoms with E-state index in [1.54, 1.807) is 0 Å². The molecule has 0 radical (unpaired) electrons. The van der Waals surface area contributed by atoms with Gasteiger partial charge in [0.1, 0.15) is 0 Å². The molecule has 1 nitrogen and oxygen atoms in total. The van der Waals surface area contributed by atoms with Crippen LogP contribution in [0.3, 0.4) is 0 Å². The number of halogens is 1. The second-order valence-electron chi connectivity index (χ2n) is 5.46. The number of aryl methyl sites for hydroxylation is 2. The van der Waals surface area contributed by atoms with Crippen LogP contribution < -0.4 is 0 Å². The molecule has 0 saturated heterocycles. The van der Waals surface area contributed by atoms with Crippen LogP contribution in [0.15, 0.2) is 42.5 Å². The maximum Gasteiger partial charge on any atom is 0.0943 e. The SMILES string of the molecule is Cc1ccc2c(c1)C(O)(Cc1ccccc1Cl)CC2. The summed E-state index contributed by atoms with van der Waals surface area (Å²) in [4.78, 5) is 0. The van der Waals surface area contributed by atoms with E-state index in [-0.39, 0.29) is 0 Å². The maximum atomic E-state index is 11.0. The highest BCUT2D eigenvalue weighted by molar-refractivity contribution is 6.31. The Labute approximate surface area is 118 Å². The molecule has 2 aromatic rings. The van der Waals surface area contributed by atoms with Crippen LogP contribution in [0.4, 0.5) is 0 Å². The Kier molecular flexibility index (Phi) is 3.12. The number of hydrogen-bond donors (Lipinski definition) is 1. The Morgan fingerprint density at radius 1 is 1.21 bits per heavy atom. The molecular formula is C17H17ClO. The molecule has 1 unspecified atom stereocenters. The number of aliphatic hydroxyl groups is 1. The molecule has 1 aliphatic rings. The molecule has 0 fully saturated rings. The van der Waals surface area contributed by atoms with Gasteiger partial charge in [0.25, 0.3) is 0 Å². The minimum Gasteiger partial charge on any atom is -0.385 e. The molecule has 0 aromatic heterocycles. The molecular weight excluding hydrogens is 256 g/mol. The first-order chi connectivity index (χ1) is 9.08. The van der Waals surface area contributed by atoms with Crippen molar-refractivity contribution in [3.8, 4) is 0 Å². The van der Waals surface area contributed by atoms with Crippen LogP contribution >= 0.6 is 11.6 Å². The molecule has 2 heteroatoms. The van der Waals surface area contributed by atoms with Gasteiger partial charge in [-0.05, 0) is 42.5 Å². The first-order valence-corrected chi connectivity index (χ1v) is 7.02. The molecule has 0 amide bonds. The summed E-state index contributed by atoms with van der Waals surface area (Å²) in [5.41, 5.74) is 3.78. The van der Waals surface area contributed by atoms with Crippen LogP contribution in [-0.4, -0.2) is 5.11 Å². The third-order valence-electron chi connectivity index (χ3n) is 4.02. The van der Waals surface area contributed by atoms with Crippen molar-refractivity contribution in [2.45, 2.75) is 31.8 Å². The topological polar surface area (TPSA) is 20.2 Å².